The van der Waals surface area contributed by atoms with Gasteiger partial charge in [0.2, 0.25) is 0 Å². The summed E-state index contributed by atoms with van der Waals surface area (Å²) < 4.78 is 86.3. The van der Waals surface area contributed by atoms with Gasteiger partial charge in [0, 0.05) is 19.6 Å². The molecule has 20 nitrogen and oxygen atoms in total. The van der Waals surface area contributed by atoms with Crippen LogP contribution in [-0.4, -0.2) is 96.4 Å². The summed E-state index contributed by atoms with van der Waals surface area (Å²) in [5.41, 5.74) is 14.9. The van der Waals surface area contributed by atoms with E-state index in [0.717, 1.165) is 55.7 Å². The minimum absolute atomic E-state index is 0. The number of benzene rings is 3. The Balaban J connectivity index is 0.000000220. The second kappa shape index (κ2) is 30.9. The number of nitrogens with two attached hydrogens (primary N) is 2. The van der Waals surface area contributed by atoms with Crippen molar-refractivity contribution in [1.82, 2.24) is 29.7 Å². The number of amides is 7. The number of nitrogen functional groups attached to an aromatic ring is 2. The predicted octanol–water partition coefficient (Wildman–Crippen LogP) is 12.0. The molecule has 92 heavy (non-hydrogen) atoms. The normalized spacial score (nSPS) is 18.7. The quantitative estimate of drug-likeness (QED) is 0.0642. The van der Waals surface area contributed by atoms with Crippen molar-refractivity contribution in [3.05, 3.63) is 160 Å². The van der Waals surface area contributed by atoms with Gasteiger partial charge in [0.15, 0.2) is 34.9 Å². The number of halogens is 6. The van der Waals surface area contributed by atoms with Gasteiger partial charge in [-0.1, -0.05) is 46.4 Å². The molecule has 8 N–H and O–H groups in total. The first-order valence-electron chi connectivity index (χ1n) is 29.5. The van der Waals surface area contributed by atoms with E-state index >= 15 is 0 Å². The Labute approximate surface area is 530 Å². The molecular weight excluding hydrogens is 1200 g/mol. The Morgan fingerprint density at radius 1 is 0.457 bits per heavy atom. The predicted molar refractivity (Wildman–Crippen MR) is 336 cm³/mol. The number of nitrogens with zero attached hydrogens (tertiary/aromatic N) is 6. The molecule has 6 heterocycles. The number of hydrogen-bond acceptors (Lipinski definition) is 13. The van der Waals surface area contributed by atoms with Gasteiger partial charge >= 0.3 is 41.5 Å². The first-order chi connectivity index (χ1) is 42.8. The van der Waals surface area contributed by atoms with Crippen molar-refractivity contribution in [2.24, 2.45) is 17.8 Å². The molecule has 3 fully saturated rings. The van der Waals surface area contributed by atoms with Gasteiger partial charge < -0.3 is 46.9 Å². The molecule has 0 radical (unpaired) electrons. The van der Waals surface area contributed by atoms with Crippen LogP contribution in [0.3, 0.4) is 0 Å². The summed E-state index contributed by atoms with van der Waals surface area (Å²) in [6.07, 6.45) is 7.46. The molecule has 3 aromatic carbocycles. The smallest absolute Gasteiger partial charge is 0.413 e. The molecule has 26 heteroatoms. The van der Waals surface area contributed by atoms with Crippen molar-refractivity contribution in [1.29, 1.82) is 0 Å². The number of ether oxygens (including phenoxy) is 1. The van der Waals surface area contributed by atoms with Crippen LogP contribution in [0.15, 0.2) is 91.4 Å². The van der Waals surface area contributed by atoms with Gasteiger partial charge in [-0.2, -0.15) is 0 Å². The van der Waals surface area contributed by atoms with E-state index in [9.17, 15) is 59.9 Å². The maximum absolute atomic E-state index is 13.8. The average Bonchev–Trinajstić information content (AvgIpc) is 0.891. The highest BCUT2D eigenvalue weighted by Gasteiger charge is 2.38. The molecule has 7 amide bonds. The summed E-state index contributed by atoms with van der Waals surface area (Å²) in [5, 5.41) is 10.1. The maximum atomic E-state index is 13.8. The van der Waals surface area contributed by atoms with Gasteiger partial charge in [0.05, 0.1) is 53.8 Å². The molecule has 6 aromatic rings. The third-order valence-corrected chi connectivity index (χ3v) is 15.5. The lowest BCUT2D eigenvalue weighted by molar-refractivity contribution is -0.146. The lowest BCUT2D eigenvalue weighted by atomic mass is 9.89. The molecule has 9 rings (SSSR count). The molecule has 3 aromatic heterocycles. The summed E-state index contributed by atoms with van der Waals surface area (Å²) in [6.45, 7) is 17.3. The molecule has 0 bridgehead atoms. The largest absolute Gasteiger partial charge is 0.444 e. The van der Waals surface area contributed by atoms with Gasteiger partial charge in [-0.15, -0.1) is 0 Å². The number of pyridine rings is 3. The Morgan fingerprint density at radius 3 is 1.04 bits per heavy atom. The molecule has 0 aliphatic carbocycles. The zero-order valence-corrected chi connectivity index (χ0v) is 51.9. The van der Waals surface area contributed by atoms with Crippen LogP contribution in [-0.2, 0) is 33.5 Å². The first kappa shape index (κ1) is 71.5. The number of piperidine rings is 3. The fourth-order valence-corrected chi connectivity index (χ4v) is 10.8. The molecule has 3 aliphatic rings. The molecule has 0 saturated carbocycles. The van der Waals surface area contributed by atoms with Crippen LogP contribution in [0.1, 0.15) is 139 Å². The highest BCUT2D eigenvalue weighted by atomic mass is 19.2. The summed E-state index contributed by atoms with van der Waals surface area (Å²) in [5.74, 6) is -9.08. The van der Waals surface area contributed by atoms with Crippen LogP contribution >= 0.6 is 0 Å². The number of hydrogen-bond donors (Lipinski definition) is 6. The molecule has 0 spiro atoms. The van der Waals surface area contributed by atoms with Gasteiger partial charge in [-0.3, -0.25) is 34.1 Å². The zero-order chi connectivity index (χ0) is 66.8. The van der Waals surface area contributed by atoms with E-state index in [4.69, 9.17) is 16.2 Å². The van der Waals surface area contributed by atoms with Crippen LogP contribution in [0, 0.1) is 73.4 Å². The van der Waals surface area contributed by atoms with E-state index in [1.807, 2.05) is 20.8 Å². The molecular formula is C66H78F6N12O8. The lowest BCUT2D eigenvalue weighted by Crippen LogP contribution is -2.46. The SMILES string of the molecule is C.Cc1cc(NC(=O)C(=O)N2C[C@@H](C)CC[C@@H]2c2ccc(F)c(F)c2)cnc1N.Cc1cc(NC(=O)C(=O)N2C[C@@H](C)CC[C@@H]2c2ccc(F)c(F)c2)cnc1NC(=O)OC(C)(C)C.Cc1cc(NC(=O)C(=O)N2C[C@H](C)CC[C@H]2c2ccc(F)c(F)c2)cnc1N. The number of carbonyl (C=O) groups excluding carboxylic acids is 7. The van der Waals surface area contributed by atoms with Crippen LogP contribution in [0.4, 0.5) is 65.7 Å². The number of carbonyl (C=O) groups is 7. The van der Waals surface area contributed by atoms with E-state index in [2.05, 4.69) is 36.2 Å². The highest BCUT2D eigenvalue weighted by Crippen LogP contribution is 2.37. The first-order valence-corrected chi connectivity index (χ1v) is 29.5. The third-order valence-electron chi connectivity index (χ3n) is 15.5. The zero-order valence-electron chi connectivity index (χ0n) is 51.9. The highest BCUT2D eigenvalue weighted by molar-refractivity contribution is 6.40. The van der Waals surface area contributed by atoms with E-state index in [1.165, 1.54) is 51.5 Å². The van der Waals surface area contributed by atoms with Crippen molar-refractivity contribution in [3.63, 3.8) is 0 Å². The van der Waals surface area contributed by atoms with Crippen molar-refractivity contribution in [3.8, 4) is 0 Å². The lowest BCUT2D eigenvalue weighted by Gasteiger charge is -2.38. The molecule has 3 aliphatic heterocycles. The number of likely N-dealkylation sites (tertiary alicyclic amines) is 3. The number of rotatable bonds is 7. The summed E-state index contributed by atoms with van der Waals surface area (Å²) in [4.78, 5) is 105. The van der Waals surface area contributed by atoms with E-state index in [-0.39, 0.29) is 36.7 Å². The van der Waals surface area contributed by atoms with E-state index in [1.54, 1.807) is 59.7 Å². The van der Waals surface area contributed by atoms with Gasteiger partial charge in [-0.25, -0.2) is 46.1 Å². The standard InChI is InChI=1S/C25H30F2N4O4.2C20H22F2N4O2.CH4/c1-14-6-9-20(16-7-8-18(26)19(27)11-16)31(13-14)23(33)22(32)29-17-10-15(2)21(28-12-17)30-24(34)35-25(3,4)5;2*1-11-3-6-17(13-4-5-15(21)16(22)8-13)26(10-11)20(28)19(27)25-14-7-12(2)18(23)24-9-14;/h7-8,10-12,14,20H,6,9,13H2,1-5H3,(H,29,32)(H,28,30,34);2*4-5,7-9,11,17H,3,6,10H2,1-2H3,(H2,23,24)(H,25,27);1H4/t14-,20+;2*11-,17+;/m010./s1. The van der Waals surface area contributed by atoms with Crippen LogP contribution < -0.4 is 32.7 Å². The number of nitrogens with one attached hydrogen (secondary N) is 4. The van der Waals surface area contributed by atoms with Crippen LogP contribution in [0.25, 0.3) is 0 Å². The van der Waals surface area contributed by atoms with Crippen molar-refractivity contribution in [2.75, 3.05) is 52.4 Å². The van der Waals surface area contributed by atoms with Gasteiger partial charge in [-0.05, 0) is 186 Å². The fraction of sp³-hybridized carbons (Fsp3) is 0.394. The Hall–Kier alpha value is -9.62. The summed E-state index contributed by atoms with van der Waals surface area (Å²) >= 11 is 0. The van der Waals surface area contributed by atoms with E-state index in [0.29, 0.717) is 95.3 Å². The minimum Gasteiger partial charge on any atom is -0.444 e. The Morgan fingerprint density at radius 2 is 0.761 bits per heavy atom. The minimum atomic E-state index is -1.00. The van der Waals surface area contributed by atoms with Gasteiger partial charge in [0.1, 0.15) is 23.1 Å². The number of aryl methyl sites for hydroxylation is 3. The Bertz CT molecular complexity index is 3570. The van der Waals surface area contributed by atoms with Crippen molar-refractivity contribution in [2.45, 2.75) is 132 Å². The monoisotopic (exact) mass is 1280 g/mol. The second-order valence-electron chi connectivity index (χ2n) is 24.2. The van der Waals surface area contributed by atoms with Crippen molar-refractivity contribution < 1.29 is 64.6 Å². The second-order valence-corrected chi connectivity index (χ2v) is 24.2. The van der Waals surface area contributed by atoms with E-state index < -0.39 is 100 Å². The van der Waals surface area contributed by atoms with Crippen molar-refractivity contribution >= 4 is 76.1 Å². The fourth-order valence-electron chi connectivity index (χ4n) is 10.8. The topological polar surface area (TPSA) is 277 Å². The van der Waals surface area contributed by atoms with Crippen LogP contribution in [0.5, 0.6) is 0 Å². The molecule has 6 atom stereocenters. The molecule has 3 saturated heterocycles. The molecule has 492 valence electrons. The third kappa shape index (κ3) is 18.7. The average molecular weight is 1280 g/mol. The molecule has 0 unspecified atom stereocenters. The summed E-state index contributed by atoms with van der Waals surface area (Å²) in [6, 6.07) is 14.0. The van der Waals surface area contributed by atoms with Gasteiger partial charge in [0.25, 0.3) is 0 Å². The maximum Gasteiger partial charge on any atom is 0.413 e. The number of aromatic nitrogens is 3. The van der Waals surface area contributed by atoms with Crippen LogP contribution in [0.2, 0.25) is 0 Å². The Kier molecular flexibility index (Phi) is 24.0. The summed E-state index contributed by atoms with van der Waals surface area (Å²) in [7, 11) is 0. The number of anilines is 6.